The molecule has 1 nitrogen and oxygen atoms in total. The highest BCUT2D eigenvalue weighted by atomic mass is 35.5. The molecule has 0 N–H and O–H groups in total. The lowest BCUT2D eigenvalue weighted by atomic mass is 10.0. The predicted octanol–water partition coefficient (Wildman–Crippen LogP) is 5.14. The zero-order valence-electron chi connectivity index (χ0n) is 10.3. The molecule has 0 bridgehead atoms. The fraction of sp³-hybridized carbons (Fsp3) is 0.133. The number of hydrogen-bond donors (Lipinski definition) is 0. The molecule has 0 unspecified atom stereocenters. The molecule has 104 valence electrons. The first kappa shape index (κ1) is 15.3. The van der Waals surface area contributed by atoms with Crippen molar-refractivity contribution in [2.24, 2.45) is 0 Å². The minimum absolute atomic E-state index is 0.00563. The molecule has 0 spiro atoms. The largest absolute Gasteiger partial charge is 0.299 e. The van der Waals surface area contributed by atoms with Gasteiger partial charge in [-0.15, -0.1) is 0 Å². The number of carbonyl (C=O) groups is 1. The van der Waals surface area contributed by atoms with E-state index in [1.165, 1.54) is 12.1 Å². The van der Waals surface area contributed by atoms with Crippen LogP contribution in [0.3, 0.4) is 0 Å². The van der Waals surface area contributed by atoms with Gasteiger partial charge in [0.25, 0.3) is 0 Å². The van der Waals surface area contributed by atoms with Crippen molar-refractivity contribution < 1.29 is 9.18 Å². The van der Waals surface area contributed by atoms with E-state index < -0.39 is 5.82 Å². The Morgan fingerprint density at radius 3 is 2.10 bits per heavy atom. The number of rotatable bonds is 4. The van der Waals surface area contributed by atoms with Gasteiger partial charge in [0, 0.05) is 22.9 Å². The number of ketones is 1. The first-order chi connectivity index (χ1) is 9.49. The normalized spacial score (nSPS) is 10.6. The Hall–Kier alpha value is -1.09. The molecule has 0 aliphatic rings. The summed E-state index contributed by atoms with van der Waals surface area (Å²) in [6, 6.07) is 9.61. The second-order valence-corrected chi connectivity index (χ2v) is 5.53. The number of carbonyl (C=O) groups excluding carboxylic acids is 1. The van der Waals surface area contributed by atoms with E-state index in [9.17, 15) is 9.18 Å². The Labute approximate surface area is 131 Å². The van der Waals surface area contributed by atoms with Crippen LogP contribution in [0.4, 0.5) is 4.39 Å². The van der Waals surface area contributed by atoms with E-state index in [1.54, 1.807) is 24.3 Å². The molecule has 0 aromatic heterocycles. The van der Waals surface area contributed by atoms with Crippen molar-refractivity contribution in [2.75, 3.05) is 0 Å². The number of benzene rings is 2. The summed E-state index contributed by atoms with van der Waals surface area (Å²) in [5.41, 5.74) is 0.828. The van der Waals surface area contributed by atoms with E-state index in [4.69, 9.17) is 34.8 Å². The van der Waals surface area contributed by atoms with E-state index in [1.807, 2.05) is 0 Å². The number of hydrogen-bond acceptors (Lipinski definition) is 1. The molecule has 0 fully saturated rings. The van der Waals surface area contributed by atoms with Crippen LogP contribution in [-0.4, -0.2) is 5.78 Å². The van der Waals surface area contributed by atoms with Crippen LogP contribution >= 0.6 is 34.8 Å². The summed E-state index contributed by atoms with van der Waals surface area (Å²) in [5, 5.41) is 0.862. The Bertz CT molecular complexity index is 635. The van der Waals surface area contributed by atoms with Crippen LogP contribution < -0.4 is 0 Å². The quantitative estimate of drug-likeness (QED) is 0.758. The molecular weight excluding hydrogens is 322 g/mol. The number of Topliss-reactive ketones (excluding diaryl/α,β-unsaturated/α-hetero) is 1. The van der Waals surface area contributed by atoms with Crippen LogP contribution in [0, 0.1) is 5.82 Å². The van der Waals surface area contributed by atoms with Gasteiger partial charge < -0.3 is 0 Å². The van der Waals surface area contributed by atoms with Crippen LogP contribution in [0.1, 0.15) is 11.1 Å². The van der Waals surface area contributed by atoms with Gasteiger partial charge in [-0.25, -0.2) is 4.39 Å². The summed E-state index contributed by atoms with van der Waals surface area (Å²) in [5.74, 6) is -0.742. The van der Waals surface area contributed by atoms with E-state index in [-0.39, 0.29) is 29.2 Å². The lowest BCUT2D eigenvalue weighted by Gasteiger charge is -2.07. The third kappa shape index (κ3) is 3.51. The van der Waals surface area contributed by atoms with Crippen molar-refractivity contribution in [3.05, 3.63) is 68.4 Å². The summed E-state index contributed by atoms with van der Waals surface area (Å²) >= 11 is 17.7. The Balaban J connectivity index is 2.16. The summed E-state index contributed by atoms with van der Waals surface area (Å²) in [6.07, 6.45) is 0.0123. The maximum Gasteiger partial charge on any atom is 0.145 e. The molecule has 0 aliphatic heterocycles. The molecule has 2 aromatic carbocycles. The molecule has 5 heteroatoms. The highest BCUT2D eigenvalue weighted by molar-refractivity contribution is 6.36. The molecule has 0 saturated carbocycles. The maximum atomic E-state index is 13.7. The summed E-state index contributed by atoms with van der Waals surface area (Å²) < 4.78 is 13.7. The average molecular weight is 332 g/mol. The Morgan fingerprint density at radius 2 is 1.45 bits per heavy atom. The van der Waals surface area contributed by atoms with Crippen molar-refractivity contribution in [1.82, 2.24) is 0 Å². The second-order valence-electron chi connectivity index (χ2n) is 4.31. The molecule has 0 atom stereocenters. The van der Waals surface area contributed by atoms with E-state index in [0.717, 1.165) is 0 Å². The predicted molar refractivity (Wildman–Crippen MR) is 80.3 cm³/mol. The minimum Gasteiger partial charge on any atom is -0.299 e. The second kappa shape index (κ2) is 6.57. The molecule has 0 amide bonds. The SMILES string of the molecule is O=C(Cc1cccc(Cl)c1F)Cc1c(Cl)cccc1Cl. The van der Waals surface area contributed by atoms with Gasteiger partial charge in [-0.2, -0.15) is 0 Å². The van der Waals surface area contributed by atoms with Gasteiger partial charge in [-0.05, 0) is 29.3 Å². The van der Waals surface area contributed by atoms with Gasteiger partial charge in [0.2, 0.25) is 0 Å². The molecule has 2 rings (SSSR count). The Morgan fingerprint density at radius 1 is 0.900 bits per heavy atom. The third-order valence-electron chi connectivity index (χ3n) is 2.85. The van der Waals surface area contributed by atoms with Gasteiger partial charge in [0.15, 0.2) is 0 Å². The zero-order valence-corrected chi connectivity index (χ0v) is 12.6. The minimum atomic E-state index is -0.562. The van der Waals surface area contributed by atoms with Gasteiger partial charge in [0.1, 0.15) is 11.6 Å². The van der Waals surface area contributed by atoms with Crippen LogP contribution in [-0.2, 0) is 17.6 Å². The Kier molecular flexibility index (Phi) is 5.03. The van der Waals surface area contributed by atoms with Crippen molar-refractivity contribution in [1.29, 1.82) is 0 Å². The molecule has 0 aliphatic carbocycles. The highest BCUT2D eigenvalue weighted by Crippen LogP contribution is 2.25. The number of halogens is 4. The molecule has 2 aromatic rings. The molecule has 0 radical (unpaired) electrons. The van der Waals surface area contributed by atoms with Crippen molar-refractivity contribution in [2.45, 2.75) is 12.8 Å². The fourth-order valence-electron chi connectivity index (χ4n) is 1.86. The molecular formula is C15H10Cl3FO. The van der Waals surface area contributed by atoms with Gasteiger partial charge in [0.05, 0.1) is 5.02 Å². The maximum absolute atomic E-state index is 13.7. The summed E-state index contributed by atoms with van der Waals surface area (Å²) in [6.45, 7) is 0. The highest BCUT2D eigenvalue weighted by Gasteiger charge is 2.14. The van der Waals surface area contributed by atoms with Crippen LogP contribution in [0.2, 0.25) is 15.1 Å². The fourth-order valence-corrected chi connectivity index (χ4v) is 2.58. The average Bonchev–Trinajstić information content (AvgIpc) is 2.39. The van der Waals surface area contributed by atoms with Gasteiger partial charge in [-0.1, -0.05) is 53.0 Å². The third-order valence-corrected chi connectivity index (χ3v) is 3.85. The standard InChI is InChI=1S/C15H10Cl3FO/c16-12-4-2-5-13(17)11(12)8-10(20)7-9-3-1-6-14(18)15(9)19/h1-6H,7-8H2. The summed E-state index contributed by atoms with van der Waals surface area (Å²) in [4.78, 5) is 12.0. The van der Waals surface area contributed by atoms with Crippen molar-refractivity contribution in [3.8, 4) is 0 Å². The zero-order chi connectivity index (χ0) is 14.7. The van der Waals surface area contributed by atoms with Crippen LogP contribution in [0.15, 0.2) is 36.4 Å². The topological polar surface area (TPSA) is 17.1 Å². The van der Waals surface area contributed by atoms with E-state index in [2.05, 4.69) is 0 Å². The van der Waals surface area contributed by atoms with Crippen molar-refractivity contribution >= 4 is 40.6 Å². The molecule has 0 saturated heterocycles. The van der Waals surface area contributed by atoms with Crippen LogP contribution in [0.25, 0.3) is 0 Å². The smallest absolute Gasteiger partial charge is 0.145 e. The lowest BCUT2D eigenvalue weighted by molar-refractivity contribution is -0.117. The molecule has 20 heavy (non-hydrogen) atoms. The monoisotopic (exact) mass is 330 g/mol. The lowest BCUT2D eigenvalue weighted by Crippen LogP contribution is -2.09. The van der Waals surface area contributed by atoms with Crippen LogP contribution in [0.5, 0.6) is 0 Å². The first-order valence-electron chi connectivity index (χ1n) is 5.86. The molecule has 0 heterocycles. The van der Waals surface area contributed by atoms with Gasteiger partial charge in [-0.3, -0.25) is 4.79 Å². The first-order valence-corrected chi connectivity index (χ1v) is 7.00. The van der Waals surface area contributed by atoms with E-state index in [0.29, 0.717) is 15.6 Å². The van der Waals surface area contributed by atoms with Gasteiger partial charge >= 0.3 is 0 Å². The van der Waals surface area contributed by atoms with Crippen molar-refractivity contribution in [3.63, 3.8) is 0 Å². The van der Waals surface area contributed by atoms with E-state index >= 15 is 0 Å². The summed E-state index contributed by atoms with van der Waals surface area (Å²) in [7, 11) is 0.